The third-order valence-electron chi connectivity index (χ3n) is 2.21. The molecule has 0 amide bonds. The van der Waals surface area contributed by atoms with E-state index in [-0.39, 0.29) is 5.41 Å². The van der Waals surface area contributed by atoms with Gasteiger partial charge in [0, 0.05) is 5.41 Å². The van der Waals surface area contributed by atoms with Gasteiger partial charge in [-0.25, -0.2) is 0 Å². The van der Waals surface area contributed by atoms with E-state index in [4.69, 9.17) is 21.9 Å². The van der Waals surface area contributed by atoms with Crippen molar-refractivity contribution < 1.29 is 4.52 Å². The summed E-state index contributed by atoms with van der Waals surface area (Å²) >= 11 is 5.85. The second-order valence-electron chi connectivity index (χ2n) is 3.27. The third kappa shape index (κ3) is 0.913. The van der Waals surface area contributed by atoms with Crippen LogP contribution in [-0.2, 0) is 5.41 Å². The molecule has 3 nitrogen and oxygen atoms in total. The molecule has 0 saturated heterocycles. The SMILES string of the molecule is CC1(c2onc(N)c2Cl)CC1. The topological polar surface area (TPSA) is 52.0 Å². The van der Waals surface area contributed by atoms with Crippen molar-refractivity contribution in [3.05, 3.63) is 10.8 Å². The van der Waals surface area contributed by atoms with Crippen LogP contribution >= 0.6 is 11.6 Å². The lowest BCUT2D eigenvalue weighted by Gasteiger charge is -2.00. The van der Waals surface area contributed by atoms with Crippen LogP contribution in [0.15, 0.2) is 4.52 Å². The Bertz CT molecular complexity index is 291. The van der Waals surface area contributed by atoms with Gasteiger partial charge in [-0.1, -0.05) is 23.7 Å². The summed E-state index contributed by atoms with van der Waals surface area (Å²) in [6, 6.07) is 0. The van der Waals surface area contributed by atoms with Gasteiger partial charge in [0.05, 0.1) is 0 Å². The average molecular weight is 173 g/mol. The third-order valence-corrected chi connectivity index (χ3v) is 2.57. The lowest BCUT2D eigenvalue weighted by atomic mass is 10.1. The normalized spacial score (nSPS) is 20.2. The highest BCUT2D eigenvalue weighted by Gasteiger charge is 2.45. The van der Waals surface area contributed by atoms with Crippen molar-refractivity contribution >= 4 is 17.4 Å². The number of nitrogens with two attached hydrogens (primary N) is 1. The lowest BCUT2D eigenvalue weighted by Crippen LogP contribution is -1.97. The van der Waals surface area contributed by atoms with E-state index in [1.54, 1.807) is 0 Å². The van der Waals surface area contributed by atoms with Crippen LogP contribution in [0.1, 0.15) is 25.5 Å². The van der Waals surface area contributed by atoms with Crippen LogP contribution in [0.2, 0.25) is 5.02 Å². The summed E-state index contributed by atoms with van der Waals surface area (Å²) in [5.74, 6) is 1.05. The number of rotatable bonds is 1. The Morgan fingerprint density at radius 1 is 1.64 bits per heavy atom. The van der Waals surface area contributed by atoms with Gasteiger partial charge >= 0.3 is 0 Å². The minimum atomic E-state index is 0.113. The maximum absolute atomic E-state index is 5.85. The minimum absolute atomic E-state index is 0.113. The standard InChI is InChI=1S/C7H9ClN2O/c1-7(2-3-7)5-4(8)6(9)10-11-5/h2-3H2,1H3,(H2,9,10). The van der Waals surface area contributed by atoms with E-state index in [0.29, 0.717) is 10.8 Å². The molecule has 0 aliphatic heterocycles. The van der Waals surface area contributed by atoms with Gasteiger partial charge in [-0.05, 0) is 12.8 Å². The number of nitrogen functional groups attached to an aromatic ring is 1. The molecule has 0 atom stereocenters. The Morgan fingerprint density at radius 3 is 2.64 bits per heavy atom. The maximum atomic E-state index is 5.85. The van der Waals surface area contributed by atoms with Crippen molar-refractivity contribution in [2.24, 2.45) is 0 Å². The summed E-state index contributed by atoms with van der Waals surface area (Å²) in [5, 5.41) is 4.08. The molecule has 11 heavy (non-hydrogen) atoms. The van der Waals surface area contributed by atoms with Crippen molar-refractivity contribution in [3.8, 4) is 0 Å². The molecule has 2 N–H and O–H groups in total. The maximum Gasteiger partial charge on any atom is 0.186 e. The van der Waals surface area contributed by atoms with Gasteiger partial charge < -0.3 is 10.3 Å². The average Bonchev–Trinajstić information content (AvgIpc) is 2.60. The molecule has 1 aliphatic carbocycles. The molecule has 60 valence electrons. The molecule has 2 rings (SSSR count). The largest absolute Gasteiger partial charge is 0.380 e. The fourth-order valence-electron chi connectivity index (χ4n) is 1.08. The molecule has 0 radical (unpaired) electrons. The highest BCUT2D eigenvalue weighted by atomic mass is 35.5. The van der Waals surface area contributed by atoms with Crippen LogP contribution < -0.4 is 5.73 Å². The zero-order chi connectivity index (χ0) is 8.06. The molecule has 1 aliphatic rings. The number of hydrogen-bond donors (Lipinski definition) is 1. The molecule has 0 spiro atoms. The number of anilines is 1. The minimum Gasteiger partial charge on any atom is -0.380 e. The highest BCUT2D eigenvalue weighted by molar-refractivity contribution is 6.33. The predicted octanol–water partition coefficient (Wildman–Crippen LogP) is 1.96. The van der Waals surface area contributed by atoms with Crippen LogP contribution in [0.3, 0.4) is 0 Å². The summed E-state index contributed by atoms with van der Waals surface area (Å²) in [6.07, 6.45) is 2.22. The zero-order valence-electron chi connectivity index (χ0n) is 6.22. The molecule has 4 heteroatoms. The Balaban J connectivity index is 2.45. The van der Waals surface area contributed by atoms with Crippen molar-refractivity contribution in [2.75, 3.05) is 5.73 Å². The van der Waals surface area contributed by atoms with Crippen LogP contribution in [-0.4, -0.2) is 5.16 Å². The number of nitrogens with zero attached hydrogens (tertiary/aromatic N) is 1. The van der Waals surface area contributed by atoms with Crippen LogP contribution in [0.4, 0.5) is 5.82 Å². The molecule has 1 saturated carbocycles. The Kier molecular flexibility index (Phi) is 1.21. The Labute approximate surface area is 69.5 Å². The predicted molar refractivity (Wildman–Crippen MR) is 42.5 cm³/mol. The first-order valence-corrected chi connectivity index (χ1v) is 3.92. The summed E-state index contributed by atoms with van der Waals surface area (Å²) in [6.45, 7) is 2.10. The molecule has 1 aromatic rings. The zero-order valence-corrected chi connectivity index (χ0v) is 6.98. The van der Waals surface area contributed by atoms with E-state index in [1.165, 1.54) is 0 Å². The van der Waals surface area contributed by atoms with Crippen molar-refractivity contribution in [1.29, 1.82) is 0 Å². The monoisotopic (exact) mass is 172 g/mol. The summed E-state index contributed by atoms with van der Waals surface area (Å²) in [4.78, 5) is 0. The second-order valence-corrected chi connectivity index (χ2v) is 3.65. The molecule has 1 aromatic heterocycles. The van der Waals surface area contributed by atoms with Gasteiger partial charge in [0.15, 0.2) is 11.6 Å². The van der Waals surface area contributed by atoms with Crippen LogP contribution in [0.5, 0.6) is 0 Å². The smallest absolute Gasteiger partial charge is 0.186 e. The molecular weight excluding hydrogens is 164 g/mol. The van der Waals surface area contributed by atoms with E-state index in [1.807, 2.05) is 0 Å². The van der Waals surface area contributed by atoms with Gasteiger partial charge in [-0.15, -0.1) is 0 Å². The quantitative estimate of drug-likeness (QED) is 0.705. The van der Waals surface area contributed by atoms with E-state index >= 15 is 0 Å². The first-order valence-electron chi connectivity index (χ1n) is 3.55. The number of halogens is 1. The molecule has 1 fully saturated rings. The fourth-order valence-corrected chi connectivity index (χ4v) is 1.38. The van der Waals surface area contributed by atoms with Gasteiger partial charge in [0.2, 0.25) is 0 Å². The first kappa shape index (κ1) is 6.98. The van der Waals surface area contributed by atoms with E-state index in [0.717, 1.165) is 18.6 Å². The van der Waals surface area contributed by atoms with Gasteiger partial charge in [0.1, 0.15) is 5.02 Å². The summed E-state index contributed by atoms with van der Waals surface area (Å²) < 4.78 is 5.02. The van der Waals surface area contributed by atoms with Crippen LogP contribution in [0, 0.1) is 0 Å². The van der Waals surface area contributed by atoms with E-state index in [2.05, 4.69) is 12.1 Å². The number of hydrogen-bond acceptors (Lipinski definition) is 3. The second kappa shape index (κ2) is 1.91. The number of aromatic nitrogens is 1. The highest BCUT2D eigenvalue weighted by Crippen LogP contribution is 2.50. The first-order chi connectivity index (χ1) is 5.13. The summed E-state index contributed by atoms with van der Waals surface area (Å²) in [5.41, 5.74) is 5.54. The van der Waals surface area contributed by atoms with Crippen molar-refractivity contribution in [3.63, 3.8) is 0 Å². The molecular formula is C7H9ClN2O. The van der Waals surface area contributed by atoms with Gasteiger partial charge in [-0.2, -0.15) is 0 Å². The molecule has 0 unspecified atom stereocenters. The lowest BCUT2D eigenvalue weighted by molar-refractivity contribution is 0.362. The molecule has 0 aromatic carbocycles. The van der Waals surface area contributed by atoms with E-state index in [9.17, 15) is 0 Å². The van der Waals surface area contributed by atoms with Crippen molar-refractivity contribution in [1.82, 2.24) is 5.16 Å². The van der Waals surface area contributed by atoms with Crippen LogP contribution in [0.25, 0.3) is 0 Å². The summed E-state index contributed by atoms with van der Waals surface area (Å²) in [7, 11) is 0. The molecule has 1 heterocycles. The molecule has 0 bridgehead atoms. The Morgan fingerprint density at radius 2 is 2.27 bits per heavy atom. The van der Waals surface area contributed by atoms with Gasteiger partial charge in [-0.3, -0.25) is 0 Å². The Hall–Kier alpha value is -0.700. The fraction of sp³-hybridized carbons (Fsp3) is 0.571. The van der Waals surface area contributed by atoms with E-state index < -0.39 is 0 Å². The van der Waals surface area contributed by atoms with Gasteiger partial charge in [0.25, 0.3) is 0 Å². The van der Waals surface area contributed by atoms with Crippen molar-refractivity contribution in [2.45, 2.75) is 25.2 Å².